The van der Waals surface area contributed by atoms with E-state index in [1.165, 1.54) is 16.2 Å². The number of carbonyl (C=O) groups excluding carboxylic acids is 1. The smallest absolute Gasteiger partial charge is 0.234 e. The summed E-state index contributed by atoms with van der Waals surface area (Å²) in [5, 5.41) is 2.97. The first-order chi connectivity index (χ1) is 11.1. The second kappa shape index (κ2) is 9.40. The zero-order valence-corrected chi connectivity index (χ0v) is 15.5. The zero-order chi connectivity index (χ0) is 16.7. The van der Waals surface area contributed by atoms with Gasteiger partial charge in [0.05, 0.1) is 13.2 Å². The molecule has 0 aliphatic carbocycles. The molecule has 4 nitrogen and oxygen atoms in total. The van der Waals surface area contributed by atoms with Crippen LogP contribution in [0.25, 0.3) is 0 Å². The van der Waals surface area contributed by atoms with Crippen LogP contribution in [0.15, 0.2) is 12.1 Å². The second-order valence-electron chi connectivity index (χ2n) is 6.72. The topological polar surface area (TPSA) is 41.6 Å². The van der Waals surface area contributed by atoms with Gasteiger partial charge in [0.15, 0.2) is 0 Å². The minimum Gasteiger partial charge on any atom is -0.380 e. The van der Waals surface area contributed by atoms with E-state index in [9.17, 15) is 4.79 Å². The van der Waals surface area contributed by atoms with Crippen molar-refractivity contribution in [1.82, 2.24) is 10.2 Å². The Bertz CT molecular complexity index is 487. The Morgan fingerprint density at radius 3 is 2.96 bits per heavy atom. The fraction of sp³-hybridized carbons (Fsp3) is 0.722. The minimum atomic E-state index is 0.109. The maximum Gasteiger partial charge on any atom is 0.234 e. The third-order valence-corrected chi connectivity index (χ3v) is 5.31. The maximum atomic E-state index is 12.1. The lowest BCUT2D eigenvalue weighted by Gasteiger charge is -2.22. The number of nitrogens with zero attached hydrogens (tertiary/aromatic N) is 1. The minimum absolute atomic E-state index is 0.109. The molecule has 1 aromatic rings. The first-order valence-corrected chi connectivity index (χ1v) is 9.52. The number of hydrogen-bond acceptors (Lipinski definition) is 4. The molecule has 1 atom stereocenters. The van der Waals surface area contributed by atoms with Crippen LogP contribution in [0.1, 0.15) is 48.9 Å². The average Bonchev–Trinajstić information content (AvgIpc) is 3.11. The molecule has 23 heavy (non-hydrogen) atoms. The van der Waals surface area contributed by atoms with Gasteiger partial charge >= 0.3 is 0 Å². The highest BCUT2D eigenvalue weighted by molar-refractivity contribution is 7.12. The molecule has 0 aromatic carbocycles. The molecule has 1 aromatic heterocycles. The van der Waals surface area contributed by atoms with Crippen molar-refractivity contribution in [2.45, 2.75) is 46.1 Å². The molecule has 0 radical (unpaired) electrons. The maximum absolute atomic E-state index is 12.1. The molecule has 1 unspecified atom stereocenters. The SMILES string of the molecule is Cc1ccc(C2CCCN2CC(=O)NCCOCCC(C)C)s1. The molecule has 2 rings (SSSR count). The number of aryl methyl sites for hydroxylation is 1. The van der Waals surface area contributed by atoms with Gasteiger partial charge in [0.2, 0.25) is 5.91 Å². The van der Waals surface area contributed by atoms with Crippen LogP contribution in [0.3, 0.4) is 0 Å². The molecule has 1 saturated heterocycles. The molecule has 0 spiro atoms. The van der Waals surface area contributed by atoms with Gasteiger partial charge in [-0.2, -0.15) is 0 Å². The number of thiophene rings is 1. The van der Waals surface area contributed by atoms with Gasteiger partial charge in [-0.25, -0.2) is 0 Å². The summed E-state index contributed by atoms with van der Waals surface area (Å²) >= 11 is 1.85. The molecule has 1 N–H and O–H groups in total. The molecule has 130 valence electrons. The summed E-state index contributed by atoms with van der Waals surface area (Å²) in [6.45, 7) is 10.0. The summed E-state index contributed by atoms with van der Waals surface area (Å²) in [4.78, 5) is 17.2. The predicted octanol–water partition coefficient (Wildman–Crippen LogP) is 3.37. The van der Waals surface area contributed by atoms with Gasteiger partial charge in [-0.05, 0) is 50.8 Å². The number of nitrogens with one attached hydrogen (secondary N) is 1. The molecule has 0 bridgehead atoms. The fourth-order valence-electron chi connectivity index (χ4n) is 2.89. The van der Waals surface area contributed by atoms with Crippen LogP contribution in [0.5, 0.6) is 0 Å². The van der Waals surface area contributed by atoms with E-state index in [0.717, 1.165) is 26.0 Å². The Hall–Kier alpha value is -0.910. The monoisotopic (exact) mass is 338 g/mol. The number of likely N-dealkylation sites (tertiary alicyclic amines) is 1. The van der Waals surface area contributed by atoms with Crippen molar-refractivity contribution in [1.29, 1.82) is 0 Å². The highest BCUT2D eigenvalue weighted by Gasteiger charge is 2.28. The molecular formula is C18H30N2O2S. The Labute approximate surface area is 144 Å². The highest BCUT2D eigenvalue weighted by atomic mass is 32.1. The first kappa shape index (κ1) is 18.4. The molecule has 2 heterocycles. The molecule has 5 heteroatoms. The van der Waals surface area contributed by atoms with E-state index in [0.29, 0.717) is 31.7 Å². The third-order valence-electron chi connectivity index (χ3n) is 4.21. The summed E-state index contributed by atoms with van der Waals surface area (Å²) < 4.78 is 5.53. The normalized spacial score (nSPS) is 18.7. The van der Waals surface area contributed by atoms with Gasteiger partial charge in [-0.1, -0.05) is 13.8 Å². The van der Waals surface area contributed by atoms with E-state index in [-0.39, 0.29) is 5.91 Å². The van der Waals surface area contributed by atoms with E-state index < -0.39 is 0 Å². The van der Waals surface area contributed by atoms with Crippen LogP contribution in [0, 0.1) is 12.8 Å². The quantitative estimate of drug-likeness (QED) is 0.702. The lowest BCUT2D eigenvalue weighted by molar-refractivity contribution is -0.122. The summed E-state index contributed by atoms with van der Waals surface area (Å²) in [5.41, 5.74) is 0. The van der Waals surface area contributed by atoms with Crippen molar-refractivity contribution >= 4 is 17.2 Å². The van der Waals surface area contributed by atoms with Crippen molar-refractivity contribution in [3.63, 3.8) is 0 Å². The summed E-state index contributed by atoms with van der Waals surface area (Å²) in [5.74, 6) is 0.773. The van der Waals surface area contributed by atoms with Crippen LogP contribution in [-0.4, -0.2) is 43.7 Å². The second-order valence-corrected chi connectivity index (χ2v) is 8.04. The largest absolute Gasteiger partial charge is 0.380 e. The number of carbonyl (C=O) groups is 1. The summed E-state index contributed by atoms with van der Waals surface area (Å²) in [6, 6.07) is 4.80. The van der Waals surface area contributed by atoms with Crippen molar-refractivity contribution in [3.05, 3.63) is 21.9 Å². The lowest BCUT2D eigenvalue weighted by Crippen LogP contribution is -2.38. The molecule has 1 fully saturated rings. The molecule has 1 aliphatic rings. The van der Waals surface area contributed by atoms with E-state index in [1.54, 1.807) is 0 Å². The summed E-state index contributed by atoms with van der Waals surface area (Å²) in [6.07, 6.45) is 3.41. The van der Waals surface area contributed by atoms with Gasteiger partial charge in [0.25, 0.3) is 0 Å². The van der Waals surface area contributed by atoms with E-state index in [1.807, 2.05) is 11.3 Å². The average molecular weight is 339 g/mol. The molecule has 1 aliphatic heterocycles. The predicted molar refractivity (Wildman–Crippen MR) is 95.9 cm³/mol. The standard InChI is InChI=1S/C18H30N2O2S/c1-14(2)8-11-22-12-9-19-18(21)13-20-10-4-5-16(20)17-7-6-15(3)23-17/h6-7,14,16H,4-5,8-13H2,1-3H3,(H,19,21). The summed E-state index contributed by atoms with van der Waals surface area (Å²) in [7, 11) is 0. The van der Waals surface area contributed by atoms with Crippen LogP contribution in [-0.2, 0) is 9.53 Å². The van der Waals surface area contributed by atoms with Gasteiger partial charge < -0.3 is 10.1 Å². The zero-order valence-electron chi connectivity index (χ0n) is 14.6. The van der Waals surface area contributed by atoms with Gasteiger partial charge in [-0.3, -0.25) is 9.69 Å². The van der Waals surface area contributed by atoms with Crippen LogP contribution in [0.4, 0.5) is 0 Å². The fourth-order valence-corrected chi connectivity index (χ4v) is 3.94. The van der Waals surface area contributed by atoms with E-state index >= 15 is 0 Å². The van der Waals surface area contributed by atoms with Crippen LogP contribution < -0.4 is 5.32 Å². The Kier molecular flexibility index (Phi) is 7.53. The number of hydrogen-bond donors (Lipinski definition) is 1. The van der Waals surface area contributed by atoms with Crippen molar-refractivity contribution in [2.24, 2.45) is 5.92 Å². The Morgan fingerprint density at radius 1 is 1.43 bits per heavy atom. The Morgan fingerprint density at radius 2 is 2.26 bits per heavy atom. The van der Waals surface area contributed by atoms with E-state index in [4.69, 9.17) is 4.74 Å². The molecule has 0 saturated carbocycles. The van der Waals surface area contributed by atoms with Gasteiger partial charge in [0.1, 0.15) is 0 Å². The van der Waals surface area contributed by atoms with Crippen LogP contribution >= 0.6 is 11.3 Å². The number of amides is 1. The highest BCUT2D eigenvalue weighted by Crippen LogP contribution is 2.35. The van der Waals surface area contributed by atoms with Crippen molar-refractivity contribution < 1.29 is 9.53 Å². The van der Waals surface area contributed by atoms with Crippen molar-refractivity contribution in [2.75, 3.05) is 32.8 Å². The van der Waals surface area contributed by atoms with Crippen LogP contribution in [0.2, 0.25) is 0 Å². The Balaban J connectivity index is 1.66. The molecular weight excluding hydrogens is 308 g/mol. The number of ether oxygens (including phenoxy) is 1. The first-order valence-electron chi connectivity index (χ1n) is 8.71. The van der Waals surface area contributed by atoms with E-state index in [2.05, 4.69) is 43.1 Å². The molecule has 1 amide bonds. The van der Waals surface area contributed by atoms with Crippen molar-refractivity contribution in [3.8, 4) is 0 Å². The van der Waals surface area contributed by atoms with Gasteiger partial charge in [0, 0.05) is 28.9 Å². The number of rotatable bonds is 9. The lowest BCUT2D eigenvalue weighted by atomic mass is 10.1. The van der Waals surface area contributed by atoms with Gasteiger partial charge in [-0.15, -0.1) is 11.3 Å². The third kappa shape index (κ3) is 6.24.